The maximum Gasteiger partial charge on any atom is 0.273 e. The predicted octanol–water partition coefficient (Wildman–Crippen LogP) is 5.29. The standard InChI is InChI=1S/C25H26F2N4O/c1-15(17-3-2-4-20-18(17)7-10-25(20,26)27)30-23-19-13-31(22(32)11-21(19)28-14-29-23)24-8-5-16(12-24)6-9-24/h2-4,11,13-16H,5-10,12H2,1H3,(H,28,29,30)/t15-,16?,24?/m1/s1. The highest BCUT2D eigenvalue weighted by atomic mass is 19.3. The fourth-order valence-electron chi connectivity index (χ4n) is 6.35. The van der Waals surface area contributed by atoms with E-state index in [1.54, 1.807) is 12.1 Å². The van der Waals surface area contributed by atoms with Crippen molar-refractivity contribution >= 4 is 16.7 Å². The number of nitrogens with one attached hydrogen (secondary N) is 1. The van der Waals surface area contributed by atoms with Gasteiger partial charge in [-0.3, -0.25) is 4.79 Å². The molecule has 0 unspecified atom stereocenters. The Balaban J connectivity index is 1.40. The summed E-state index contributed by atoms with van der Waals surface area (Å²) in [6.45, 7) is 1.97. The van der Waals surface area contributed by atoms with Gasteiger partial charge in [-0.05, 0) is 62.5 Å². The van der Waals surface area contributed by atoms with Crippen molar-refractivity contribution in [2.75, 3.05) is 5.32 Å². The average molecular weight is 437 g/mol. The van der Waals surface area contributed by atoms with Crippen molar-refractivity contribution in [3.63, 3.8) is 0 Å². The largest absolute Gasteiger partial charge is 0.363 e. The molecule has 2 saturated carbocycles. The van der Waals surface area contributed by atoms with E-state index in [2.05, 4.69) is 15.3 Å². The molecule has 2 heterocycles. The van der Waals surface area contributed by atoms with Crippen LogP contribution in [0.1, 0.15) is 68.2 Å². The van der Waals surface area contributed by atoms with Crippen LogP contribution in [-0.4, -0.2) is 14.5 Å². The number of fused-ring (bicyclic) bond motifs is 4. The van der Waals surface area contributed by atoms with E-state index in [9.17, 15) is 13.6 Å². The third kappa shape index (κ3) is 2.90. The first kappa shape index (κ1) is 19.8. The maximum absolute atomic E-state index is 14.2. The third-order valence-corrected chi connectivity index (χ3v) is 8.00. The summed E-state index contributed by atoms with van der Waals surface area (Å²) in [5.74, 6) is -1.41. The molecule has 0 aliphatic heterocycles. The molecule has 3 aliphatic carbocycles. The van der Waals surface area contributed by atoms with Gasteiger partial charge < -0.3 is 9.88 Å². The van der Waals surface area contributed by atoms with Crippen LogP contribution in [0.2, 0.25) is 0 Å². The lowest BCUT2D eigenvalue weighted by molar-refractivity contribution is -0.00184. The van der Waals surface area contributed by atoms with Crippen LogP contribution in [-0.2, 0) is 17.9 Å². The molecule has 0 amide bonds. The fourth-order valence-corrected chi connectivity index (χ4v) is 6.35. The summed E-state index contributed by atoms with van der Waals surface area (Å²) in [6.07, 6.45) is 9.11. The first-order chi connectivity index (χ1) is 15.4. The van der Waals surface area contributed by atoms with Gasteiger partial charge in [0.05, 0.1) is 16.9 Å². The van der Waals surface area contributed by atoms with Crippen LogP contribution in [0, 0.1) is 5.92 Å². The van der Waals surface area contributed by atoms with Crippen molar-refractivity contribution < 1.29 is 8.78 Å². The average Bonchev–Trinajstić information content (AvgIpc) is 3.47. The number of rotatable bonds is 4. The SMILES string of the molecule is C[C@@H](Nc1ncnc2cc(=O)n(C34CCC(CC3)C4)cc12)c1cccc2c1CCC2(F)F. The smallest absolute Gasteiger partial charge is 0.273 e. The summed E-state index contributed by atoms with van der Waals surface area (Å²) in [5.41, 5.74) is 2.25. The van der Waals surface area contributed by atoms with Gasteiger partial charge in [-0.1, -0.05) is 18.2 Å². The van der Waals surface area contributed by atoms with Crippen molar-refractivity contribution in [3.05, 3.63) is 63.8 Å². The fraction of sp³-hybridized carbons (Fsp3) is 0.480. The number of hydrogen-bond donors (Lipinski definition) is 1. The topological polar surface area (TPSA) is 59.8 Å². The third-order valence-electron chi connectivity index (χ3n) is 8.00. The lowest BCUT2D eigenvalue weighted by atomic mass is 9.93. The molecule has 2 bridgehead atoms. The van der Waals surface area contributed by atoms with E-state index >= 15 is 0 Å². The molecule has 1 N–H and O–H groups in total. The number of anilines is 1. The molecule has 6 rings (SSSR count). The second-order valence-corrected chi connectivity index (χ2v) is 9.82. The summed E-state index contributed by atoms with van der Waals surface area (Å²) >= 11 is 0. The van der Waals surface area contributed by atoms with Crippen molar-refractivity contribution in [2.24, 2.45) is 5.92 Å². The number of hydrogen-bond acceptors (Lipinski definition) is 4. The van der Waals surface area contributed by atoms with E-state index in [0.717, 1.165) is 41.7 Å². The van der Waals surface area contributed by atoms with Gasteiger partial charge >= 0.3 is 0 Å². The van der Waals surface area contributed by atoms with Crippen LogP contribution in [0.4, 0.5) is 14.6 Å². The molecule has 3 aliphatic rings. The highest BCUT2D eigenvalue weighted by Gasteiger charge is 2.46. The Morgan fingerprint density at radius 2 is 2.00 bits per heavy atom. The van der Waals surface area contributed by atoms with Gasteiger partial charge in [0, 0.05) is 29.8 Å². The first-order valence-electron chi connectivity index (χ1n) is 11.5. The van der Waals surface area contributed by atoms with Gasteiger partial charge in [-0.2, -0.15) is 0 Å². The second-order valence-electron chi connectivity index (χ2n) is 9.82. The van der Waals surface area contributed by atoms with Gasteiger partial charge in [0.1, 0.15) is 12.1 Å². The van der Waals surface area contributed by atoms with E-state index in [0.29, 0.717) is 17.8 Å². The monoisotopic (exact) mass is 436 g/mol. The number of nitrogens with zero attached hydrogens (tertiary/aromatic N) is 3. The molecular weight excluding hydrogens is 410 g/mol. The minimum Gasteiger partial charge on any atom is -0.363 e. The summed E-state index contributed by atoms with van der Waals surface area (Å²) < 4.78 is 30.4. The number of benzene rings is 1. The Morgan fingerprint density at radius 3 is 2.75 bits per heavy atom. The number of alkyl halides is 2. The number of pyridine rings is 1. The number of halogens is 2. The molecule has 2 fully saturated rings. The molecule has 3 aromatic rings. The molecule has 7 heteroatoms. The van der Waals surface area contributed by atoms with Crippen LogP contribution in [0.25, 0.3) is 10.9 Å². The molecular formula is C25H26F2N4O. The molecule has 1 atom stereocenters. The molecule has 32 heavy (non-hydrogen) atoms. The Bertz CT molecular complexity index is 1280. The van der Waals surface area contributed by atoms with Crippen molar-refractivity contribution in [2.45, 2.75) is 69.4 Å². The normalized spacial score (nSPS) is 26.4. The van der Waals surface area contributed by atoms with Gasteiger partial charge in [-0.25, -0.2) is 18.7 Å². The van der Waals surface area contributed by atoms with Crippen molar-refractivity contribution in [3.8, 4) is 0 Å². The van der Waals surface area contributed by atoms with Gasteiger partial charge in [0.2, 0.25) is 0 Å². The van der Waals surface area contributed by atoms with E-state index in [4.69, 9.17) is 0 Å². The van der Waals surface area contributed by atoms with E-state index in [1.165, 1.54) is 25.2 Å². The van der Waals surface area contributed by atoms with Crippen molar-refractivity contribution in [1.29, 1.82) is 0 Å². The molecule has 1 aromatic carbocycles. The Labute approximate surface area is 184 Å². The quantitative estimate of drug-likeness (QED) is 0.604. The summed E-state index contributed by atoms with van der Waals surface area (Å²) in [7, 11) is 0. The van der Waals surface area contributed by atoms with Gasteiger partial charge in [-0.15, -0.1) is 0 Å². The van der Waals surface area contributed by atoms with Gasteiger partial charge in [0.25, 0.3) is 11.5 Å². The number of aromatic nitrogens is 3. The first-order valence-corrected chi connectivity index (χ1v) is 11.5. The van der Waals surface area contributed by atoms with E-state index in [1.807, 2.05) is 23.8 Å². The maximum atomic E-state index is 14.2. The van der Waals surface area contributed by atoms with Crippen LogP contribution >= 0.6 is 0 Å². The molecule has 0 saturated heterocycles. The zero-order chi connectivity index (χ0) is 22.1. The van der Waals surface area contributed by atoms with Crippen molar-refractivity contribution in [1.82, 2.24) is 14.5 Å². The van der Waals surface area contributed by atoms with E-state index in [-0.39, 0.29) is 29.1 Å². The molecule has 0 radical (unpaired) electrons. The minimum absolute atomic E-state index is 0.0131. The highest BCUT2D eigenvalue weighted by Crippen LogP contribution is 2.52. The lowest BCUT2D eigenvalue weighted by Crippen LogP contribution is -2.37. The molecule has 0 spiro atoms. The molecule has 5 nitrogen and oxygen atoms in total. The second kappa shape index (κ2) is 6.83. The zero-order valence-corrected chi connectivity index (χ0v) is 18.1. The highest BCUT2D eigenvalue weighted by molar-refractivity contribution is 5.88. The van der Waals surface area contributed by atoms with Crippen LogP contribution in [0.15, 0.2) is 41.6 Å². The zero-order valence-electron chi connectivity index (χ0n) is 18.1. The lowest BCUT2D eigenvalue weighted by Gasteiger charge is -2.29. The summed E-state index contributed by atoms with van der Waals surface area (Å²) in [4.78, 5) is 21.7. The molecule has 2 aromatic heterocycles. The Kier molecular flexibility index (Phi) is 4.23. The van der Waals surface area contributed by atoms with Crippen LogP contribution in [0.3, 0.4) is 0 Å². The molecule has 166 valence electrons. The van der Waals surface area contributed by atoms with Crippen LogP contribution < -0.4 is 10.9 Å². The minimum atomic E-state index is -2.76. The summed E-state index contributed by atoms with van der Waals surface area (Å²) in [5, 5.41) is 4.22. The van der Waals surface area contributed by atoms with Gasteiger partial charge in [0.15, 0.2) is 0 Å². The summed E-state index contributed by atoms with van der Waals surface area (Å²) in [6, 6.07) is 6.55. The Morgan fingerprint density at radius 1 is 1.19 bits per heavy atom. The van der Waals surface area contributed by atoms with Crippen LogP contribution in [0.5, 0.6) is 0 Å². The Hall–Kier alpha value is -2.83. The predicted molar refractivity (Wildman–Crippen MR) is 119 cm³/mol. The van der Waals surface area contributed by atoms with E-state index < -0.39 is 5.92 Å².